The maximum absolute atomic E-state index is 12.4. The van der Waals surface area contributed by atoms with Crippen LogP contribution in [-0.2, 0) is 4.74 Å². The maximum atomic E-state index is 12.4. The third-order valence-corrected chi connectivity index (χ3v) is 23.8. The van der Waals surface area contributed by atoms with Crippen LogP contribution >= 0.6 is 0 Å². The summed E-state index contributed by atoms with van der Waals surface area (Å²) in [5.41, 5.74) is 0. The van der Waals surface area contributed by atoms with Gasteiger partial charge in [-0.25, -0.2) is 0 Å². The number of amides is 1. The van der Waals surface area contributed by atoms with Gasteiger partial charge in [-0.05, 0) is 0 Å². The molecular weight excluding hydrogens is 529 g/mol. The number of allylic oxidation sites excluding steroid dienone is 1. The van der Waals surface area contributed by atoms with Gasteiger partial charge in [-0.1, -0.05) is 0 Å². The van der Waals surface area contributed by atoms with E-state index in [9.17, 15) is 9.90 Å². The molecule has 0 aliphatic rings. The molecule has 0 aliphatic carbocycles. The van der Waals surface area contributed by atoms with Gasteiger partial charge < -0.3 is 0 Å². The third-order valence-electron chi connectivity index (χ3n) is 7.33. The number of carbonyl (C=O) groups is 1. The second kappa shape index (κ2) is 17.9. The minimum atomic E-state index is -2.43. The molecule has 0 heterocycles. The Labute approximate surface area is 216 Å². The normalized spacial score (nSPS) is 15.7. The second-order valence-electron chi connectivity index (χ2n) is 11.0. The number of hydrogen-bond donors (Lipinski definition) is 1. The van der Waals surface area contributed by atoms with Gasteiger partial charge in [0.25, 0.3) is 0 Å². The zero-order valence-electron chi connectivity index (χ0n) is 24.2. The van der Waals surface area contributed by atoms with Crippen LogP contribution < -0.4 is 0 Å². The Hall–Kier alpha value is -0.491. The molecule has 0 spiro atoms. The van der Waals surface area contributed by atoms with E-state index in [-0.39, 0.29) is 30.0 Å². The molecule has 0 rings (SSSR count). The number of carbonyl (C=O) groups excluding carboxylic acids is 1. The monoisotopic (exact) mass is 587 g/mol. The zero-order valence-corrected chi connectivity index (χ0v) is 27.0. The molecule has 5 heteroatoms. The van der Waals surface area contributed by atoms with Gasteiger partial charge in [-0.15, -0.1) is 0 Å². The van der Waals surface area contributed by atoms with E-state index in [1.807, 2.05) is 40.7 Å². The Balaban J connectivity index is 5.42. The average Bonchev–Trinajstić information content (AvgIpc) is 2.77. The van der Waals surface area contributed by atoms with Crippen LogP contribution in [0.5, 0.6) is 0 Å². The van der Waals surface area contributed by atoms with Crippen LogP contribution in [0.4, 0.5) is 4.79 Å². The molecule has 4 nitrogen and oxygen atoms in total. The number of unbranched alkanes of at least 4 members (excludes halogenated alkanes) is 3. The van der Waals surface area contributed by atoms with Crippen LogP contribution in [0.1, 0.15) is 108 Å². The van der Waals surface area contributed by atoms with Crippen molar-refractivity contribution in [1.29, 1.82) is 0 Å². The van der Waals surface area contributed by atoms with Gasteiger partial charge in [0.1, 0.15) is 0 Å². The van der Waals surface area contributed by atoms with Gasteiger partial charge in [0, 0.05) is 0 Å². The summed E-state index contributed by atoms with van der Waals surface area (Å²) in [7, 11) is 0. The van der Waals surface area contributed by atoms with Crippen LogP contribution in [0.15, 0.2) is 22.0 Å². The van der Waals surface area contributed by atoms with Crippen LogP contribution in [0, 0.1) is 11.8 Å². The van der Waals surface area contributed by atoms with Crippen molar-refractivity contribution in [3.05, 3.63) is 22.0 Å². The molecule has 0 fully saturated rings. The predicted molar refractivity (Wildman–Crippen MR) is 151 cm³/mol. The standard InChI is InChI=1S/C17H30NO3.3C4H9.Sn/c1-8-9-14(6)16(19)15(7)10-11-21-17(20)18(12(2)3)13(4)5;3*1-3-4-2;/h9-16,19H,1-7H3;3*1,3-4H2,2H3;/b9-8?,11-10-;;;;/t14-,15-,16+;;;;/m0..../s1. The summed E-state index contributed by atoms with van der Waals surface area (Å²) < 4.78 is 11.4. The summed E-state index contributed by atoms with van der Waals surface area (Å²) in [5.74, 6) is -0.0101. The third kappa shape index (κ3) is 11.5. The van der Waals surface area contributed by atoms with Crippen molar-refractivity contribution in [1.82, 2.24) is 4.90 Å². The summed E-state index contributed by atoms with van der Waals surface area (Å²) in [6.07, 6.45) is 12.7. The molecule has 200 valence electrons. The first-order chi connectivity index (χ1) is 16.0. The fraction of sp³-hybridized carbons (Fsp3) is 0.828. The SMILES string of the molecule is CCC[CH2][Sn]([CH2]CCC)([CH2]CCC)/[C](C)=C\[C@H](C)[C@@H](O)[C@@H](C)/C=C\OC(=O)N(C(C)C)C(C)C. The number of aliphatic hydroxyl groups excluding tert-OH is 1. The van der Waals surface area contributed by atoms with E-state index in [2.05, 4.69) is 40.7 Å². The minimum absolute atomic E-state index is 0.0803. The van der Waals surface area contributed by atoms with Gasteiger partial charge in [0.2, 0.25) is 0 Å². The van der Waals surface area contributed by atoms with Crippen molar-refractivity contribution in [3.63, 3.8) is 0 Å². The Morgan fingerprint density at radius 3 is 1.68 bits per heavy atom. The van der Waals surface area contributed by atoms with E-state index in [1.165, 1.54) is 58.1 Å². The molecule has 0 saturated heterocycles. The second-order valence-corrected chi connectivity index (χ2v) is 24.8. The molecule has 0 saturated carbocycles. The Bertz CT molecular complexity index is 585. The zero-order chi connectivity index (χ0) is 26.3. The fourth-order valence-electron chi connectivity index (χ4n) is 5.07. The topological polar surface area (TPSA) is 49.8 Å². The molecule has 1 N–H and O–H groups in total. The first-order valence-corrected chi connectivity index (χ1v) is 21.5. The van der Waals surface area contributed by atoms with Crippen LogP contribution in [-0.4, -0.2) is 52.7 Å². The fourth-order valence-corrected chi connectivity index (χ4v) is 21.2. The summed E-state index contributed by atoms with van der Waals surface area (Å²) in [6, 6.07) is 0.161. The number of aliphatic hydroxyl groups is 1. The Morgan fingerprint density at radius 1 is 0.853 bits per heavy atom. The van der Waals surface area contributed by atoms with E-state index in [4.69, 9.17) is 4.74 Å². The summed E-state index contributed by atoms with van der Waals surface area (Å²) in [4.78, 5) is 14.1. The van der Waals surface area contributed by atoms with E-state index in [1.54, 1.807) is 8.49 Å². The van der Waals surface area contributed by atoms with Crippen LogP contribution in [0.3, 0.4) is 0 Å². The van der Waals surface area contributed by atoms with Gasteiger partial charge >= 0.3 is 217 Å². The molecule has 0 aliphatic heterocycles. The molecule has 0 aromatic rings. The van der Waals surface area contributed by atoms with Crippen molar-refractivity contribution < 1.29 is 14.6 Å². The first kappa shape index (κ1) is 33.5. The average molecular weight is 586 g/mol. The quantitative estimate of drug-likeness (QED) is 0.137. The van der Waals surface area contributed by atoms with Crippen molar-refractivity contribution in [2.45, 2.75) is 139 Å². The summed E-state index contributed by atoms with van der Waals surface area (Å²) >= 11 is -2.43. The predicted octanol–water partition coefficient (Wildman–Crippen LogP) is 8.72. The summed E-state index contributed by atoms with van der Waals surface area (Å²) in [5, 5.41) is 11.1. The first-order valence-electron chi connectivity index (χ1n) is 14.0. The van der Waals surface area contributed by atoms with Crippen molar-refractivity contribution in [3.8, 4) is 0 Å². The Morgan fingerprint density at radius 2 is 1.29 bits per heavy atom. The molecule has 34 heavy (non-hydrogen) atoms. The molecular formula is C29H57NO3Sn. The summed E-state index contributed by atoms with van der Waals surface area (Å²) in [6.45, 7) is 21.4. The molecule has 0 aromatic carbocycles. The number of ether oxygens (including phenoxy) is 1. The number of hydrogen-bond acceptors (Lipinski definition) is 3. The number of rotatable bonds is 17. The molecule has 0 aromatic heterocycles. The van der Waals surface area contributed by atoms with Crippen molar-refractivity contribution in [2.24, 2.45) is 11.8 Å². The van der Waals surface area contributed by atoms with Crippen molar-refractivity contribution in [2.75, 3.05) is 0 Å². The molecule has 0 bridgehead atoms. The van der Waals surface area contributed by atoms with Gasteiger partial charge in [0.15, 0.2) is 0 Å². The van der Waals surface area contributed by atoms with Crippen LogP contribution in [0.2, 0.25) is 13.3 Å². The molecule has 0 unspecified atom stereocenters. The molecule has 1 amide bonds. The van der Waals surface area contributed by atoms with Gasteiger partial charge in [-0.3, -0.25) is 0 Å². The van der Waals surface area contributed by atoms with E-state index in [0.717, 1.165) is 0 Å². The molecule has 3 atom stereocenters. The van der Waals surface area contributed by atoms with E-state index < -0.39 is 24.5 Å². The van der Waals surface area contributed by atoms with Gasteiger partial charge in [0.05, 0.1) is 0 Å². The van der Waals surface area contributed by atoms with E-state index >= 15 is 0 Å². The van der Waals surface area contributed by atoms with E-state index in [0.29, 0.717) is 0 Å². The molecule has 0 radical (unpaired) electrons. The number of nitrogens with zero attached hydrogens (tertiary/aromatic N) is 1. The Kier molecular flexibility index (Phi) is 17.6. The van der Waals surface area contributed by atoms with Crippen molar-refractivity contribution >= 4 is 24.5 Å². The van der Waals surface area contributed by atoms with Gasteiger partial charge in [-0.2, -0.15) is 0 Å². The van der Waals surface area contributed by atoms with Crippen LogP contribution in [0.25, 0.3) is 0 Å².